The van der Waals surface area contributed by atoms with Gasteiger partial charge in [0.25, 0.3) is 0 Å². The van der Waals surface area contributed by atoms with Crippen molar-refractivity contribution in [1.29, 1.82) is 0 Å². The van der Waals surface area contributed by atoms with Gasteiger partial charge in [0.15, 0.2) is 0 Å². The Kier molecular flexibility index (Phi) is 1.22. The lowest BCUT2D eigenvalue weighted by molar-refractivity contribution is -0.142. The Labute approximate surface area is 60.2 Å². The highest BCUT2D eigenvalue weighted by Crippen LogP contribution is 2.51. The monoisotopic (exact) mass is 140 g/mol. The topological polar surface area (TPSA) is 37.3 Å². The van der Waals surface area contributed by atoms with E-state index in [1.165, 1.54) is 12.8 Å². The molecule has 0 unspecified atom stereocenters. The molecule has 0 aromatic rings. The molecule has 0 radical (unpaired) electrons. The van der Waals surface area contributed by atoms with Crippen LogP contribution < -0.4 is 0 Å². The van der Waals surface area contributed by atoms with Gasteiger partial charge >= 0.3 is 5.97 Å². The van der Waals surface area contributed by atoms with E-state index in [2.05, 4.69) is 0 Å². The molecule has 2 aliphatic rings. The smallest absolute Gasteiger partial charge is 0.306 e. The zero-order valence-electron chi connectivity index (χ0n) is 5.92. The summed E-state index contributed by atoms with van der Waals surface area (Å²) < 4.78 is 0. The molecule has 0 aliphatic heterocycles. The van der Waals surface area contributed by atoms with Crippen molar-refractivity contribution in [3.63, 3.8) is 0 Å². The summed E-state index contributed by atoms with van der Waals surface area (Å²) in [6.45, 7) is 0. The van der Waals surface area contributed by atoms with Gasteiger partial charge in [0.05, 0.1) is 5.92 Å². The standard InChI is InChI=1S/C8H12O2/c9-8(10)6-2-1-5-3-7(5)4-6/h5-7H,1-4H2,(H,9,10)/t5-,6+,7-/m0/s1. The molecule has 2 heteroatoms. The number of fused-ring (bicyclic) bond motifs is 1. The zero-order valence-corrected chi connectivity index (χ0v) is 5.92. The Bertz CT molecular complexity index is 165. The van der Waals surface area contributed by atoms with E-state index >= 15 is 0 Å². The lowest BCUT2D eigenvalue weighted by Crippen LogP contribution is -2.17. The first-order valence-corrected chi connectivity index (χ1v) is 4.00. The molecule has 2 nitrogen and oxygen atoms in total. The van der Waals surface area contributed by atoms with Gasteiger partial charge in [-0.25, -0.2) is 0 Å². The molecule has 3 atom stereocenters. The van der Waals surface area contributed by atoms with Crippen LogP contribution in [0.4, 0.5) is 0 Å². The van der Waals surface area contributed by atoms with Crippen molar-refractivity contribution in [2.24, 2.45) is 17.8 Å². The average molecular weight is 140 g/mol. The van der Waals surface area contributed by atoms with Crippen LogP contribution in [0.2, 0.25) is 0 Å². The van der Waals surface area contributed by atoms with E-state index in [0.29, 0.717) is 0 Å². The Hall–Kier alpha value is -0.530. The number of aliphatic carboxylic acids is 1. The second-order valence-electron chi connectivity index (χ2n) is 3.60. The molecule has 56 valence electrons. The first-order valence-electron chi connectivity index (χ1n) is 4.00. The Morgan fingerprint density at radius 3 is 2.60 bits per heavy atom. The van der Waals surface area contributed by atoms with Crippen molar-refractivity contribution >= 4 is 5.97 Å². The summed E-state index contributed by atoms with van der Waals surface area (Å²) in [5.41, 5.74) is 0. The molecular weight excluding hydrogens is 128 g/mol. The quantitative estimate of drug-likeness (QED) is 0.599. The van der Waals surface area contributed by atoms with Crippen molar-refractivity contribution in [1.82, 2.24) is 0 Å². The first-order chi connectivity index (χ1) is 4.77. The largest absolute Gasteiger partial charge is 0.481 e. The van der Waals surface area contributed by atoms with Gasteiger partial charge in [-0.2, -0.15) is 0 Å². The SMILES string of the molecule is O=C(O)[C@@H]1CC[C@H]2C[C@H]2C1. The molecule has 2 aliphatic carbocycles. The van der Waals surface area contributed by atoms with Gasteiger partial charge in [0, 0.05) is 0 Å². The number of carboxylic acids is 1. The predicted molar refractivity (Wildman–Crippen MR) is 36.6 cm³/mol. The number of carboxylic acid groups (broad SMARTS) is 1. The average Bonchev–Trinajstić information content (AvgIpc) is 2.63. The van der Waals surface area contributed by atoms with Gasteiger partial charge < -0.3 is 5.11 Å². The van der Waals surface area contributed by atoms with Crippen molar-refractivity contribution in [3.8, 4) is 0 Å². The molecule has 0 saturated heterocycles. The molecule has 1 N–H and O–H groups in total. The van der Waals surface area contributed by atoms with Crippen molar-refractivity contribution in [2.75, 3.05) is 0 Å². The van der Waals surface area contributed by atoms with E-state index < -0.39 is 5.97 Å². The highest BCUT2D eigenvalue weighted by atomic mass is 16.4. The highest BCUT2D eigenvalue weighted by Gasteiger charge is 2.43. The van der Waals surface area contributed by atoms with E-state index in [1.54, 1.807) is 0 Å². The Balaban J connectivity index is 1.94. The molecule has 0 heterocycles. The maximum Gasteiger partial charge on any atom is 0.306 e. The minimum Gasteiger partial charge on any atom is -0.481 e. The fraction of sp³-hybridized carbons (Fsp3) is 0.875. The van der Waals surface area contributed by atoms with Crippen LogP contribution in [0.1, 0.15) is 25.7 Å². The van der Waals surface area contributed by atoms with Crippen LogP contribution >= 0.6 is 0 Å². The maximum absolute atomic E-state index is 10.5. The summed E-state index contributed by atoms with van der Waals surface area (Å²) in [7, 11) is 0. The second kappa shape index (κ2) is 1.97. The molecule has 0 spiro atoms. The van der Waals surface area contributed by atoms with Crippen molar-refractivity contribution in [2.45, 2.75) is 25.7 Å². The molecule has 0 amide bonds. The molecule has 10 heavy (non-hydrogen) atoms. The summed E-state index contributed by atoms with van der Waals surface area (Å²) in [5.74, 6) is 1.11. The number of hydrogen-bond acceptors (Lipinski definition) is 1. The van der Waals surface area contributed by atoms with Gasteiger partial charge in [-0.1, -0.05) is 0 Å². The van der Waals surface area contributed by atoms with E-state index in [1.807, 2.05) is 0 Å². The summed E-state index contributed by atoms with van der Waals surface area (Å²) in [4.78, 5) is 10.5. The molecule has 2 saturated carbocycles. The zero-order chi connectivity index (χ0) is 7.14. The van der Waals surface area contributed by atoms with E-state index in [9.17, 15) is 4.79 Å². The minimum atomic E-state index is -0.578. The summed E-state index contributed by atoms with van der Waals surface area (Å²) in [6.07, 6.45) is 4.36. The molecule has 2 fully saturated rings. The molecular formula is C8H12O2. The predicted octanol–water partition coefficient (Wildman–Crippen LogP) is 1.51. The first kappa shape index (κ1) is 6.20. The summed E-state index contributed by atoms with van der Waals surface area (Å²) in [6, 6.07) is 0. The van der Waals surface area contributed by atoms with Crippen LogP contribution in [-0.4, -0.2) is 11.1 Å². The minimum absolute atomic E-state index is 0.0104. The second-order valence-corrected chi connectivity index (χ2v) is 3.60. The number of rotatable bonds is 1. The fourth-order valence-electron chi connectivity index (χ4n) is 2.08. The Morgan fingerprint density at radius 2 is 2.00 bits per heavy atom. The third kappa shape index (κ3) is 0.917. The molecule has 0 aromatic carbocycles. The number of carbonyl (C=O) groups is 1. The lowest BCUT2D eigenvalue weighted by atomic mass is 9.89. The van der Waals surface area contributed by atoms with Crippen LogP contribution in [0, 0.1) is 17.8 Å². The van der Waals surface area contributed by atoms with Gasteiger partial charge in [0.1, 0.15) is 0 Å². The van der Waals surface area contributed by atoms with Crippen molar-refractivity contribution in [3.05, 3.63) is 0 Å². The highest BCUT2D eigenvalue weighted by molar-refractivity contribution is 5.70. The number of hydrogen-bond donors (Lipinski definition) is 1. The van der Waals surface area contributed by atoms with Crippen LogP contribution in [0.3, 0.4) is 0 Å². The molecule has 0 bridgehead atoms. The van der Waals surface area contributed by atoms with Gasteiger partial charge in [-0.3, -0.25) is 4.79 Å². The van der Waals surface area contributed by atoms with Gasteiger partial charge in [-0.15, -0.1) is 0 Å². The maximum atomic E-state index is 10.5. The molecule has 2 rings (SSSR count). The van der Waals surface area contributed by atoms with Crippen LogP contribution in [-0.2, 0) is 4.79 Å². The normalized spacial score (nSPS) is 44.2. The molecule has 0 aromatic heterocycles. The van der Waals surface area contributed by atoms with Crippen LogP contribution in [0.25, 0.3) is 0 Å². The van der Waals surface area contributed by atoms with E-state index in [0.717, 1.165) is 24.7 Å². The third-order valence-corrected chi connectivity index (χ3v) is 2.89. The van der Waals surface area contributed by atoms with E-state index in [-0.39, 0.29) is 5.92 Å². The summed E-state index contributed by atoms with van der Waals surface area (Å²) >= 11 is 0. The van der Waals surface area contributed by atoms with E-state index in [4.69, 9.17) is 5.11 Å². The lowest BCUT2D eigenvalue weighted by Gasteiger charge is -2.15. The Morgan fingerprint density at radius 1 is 1.20 bits per heavy atom. The van der Waals surface area contributed by atoms with Crippen LogP contribution in [0.5, 0.6) is 0 Å². The van der Waals surface area contributed by atoms with Crippen LogP contribution in [0.15, 0.2) is 0 Å². The fourth-order valence-corrected chi connectivity index (χ4v) is 2.08. The third-order valence-electron chi connectivity index (χ3n) is 2.89. The van der Waals surface area contributed by atoms with Gasteiger partial charge in [-0.05, 0) is 37.5 Å². The van der Waals surface area contributed by atoms with Gasteiger partial charge in [0.2, 0.25) is 0 Å². The van der Waals surface area contributed by atoms with Crippen molar-refractivity contribution < 1.29 is 9.90 Å². The summed E-state index contributed by atoms with van der Waals surface area (Å²) in [5, 5.41) is 8.67.